The molecule has 322 valence electrons. The van der Waals surface area contributed by atoms with Crippen molar-refractivity contribution in [2.75, 3.05) is 0 Å². The first-order valence-electron chi connectivity index (χ1n) is 27.2. The molecule has 8 aromatic carbocycles. The molecule has 73 heavy (non-hydrogen) atoms. The predicted octanol–water partition coefficient (Wildman–Crippen LogP) is -36.2. The summed E-state index contributed by atoms with van der Waals surface area (Å²) < 4.78 is 7.09. The van der Waals surface area contributed by atoms with E-state index in [9.17, 15) is 0 Å². The summed E-state index contributed by atoms with van der Waals surface area (Å²) in [5.41, 5.74) is 51.3. The van der Waals surface area contributed by atoms with E-state index in [1.54, 1.807) is 0 Å². The molecule has 0 N–H and O–H groups in total. The standard InChI is InChI=1S/C44H56B28O/c45-15-3-1(5-8(20(50)34(64)31(61)17(5)47)12-26(56)35(65)39(69)36(66)27(12)57)4-7(19(49)33(63)30(60)16(4)46)2(6(3)18(48)32(62)29(15)59)11-22(52)24(54)13(25(55)23(11)53)9-10-14-28(58)37(67)40(70)42(72)44(14)73-43(10)41(71)38(68)21(9)51/h45-72H2. The van der Waals surface area contributed by atoms with Crippen molar-refractivity contribution in [3.8, 4) is 44.5 Å². The van der Waals surface area contributed by atoms with E-state index in [1.165, 1.54) is 230 Å². The molecule has 0 spiro atoms. The van der Waals surface area contributed by atoms with Crippen LogP contribution in [0.3, 0.4) is 0 Å². The maximum Gasteiger partial charge on any atom is 0.143 e. The lowest BCUT2D eigenvalue weighted by Gasteiger charge is -2.33. The van der Waals surface area contributed by atoms with Crippen LogP contribution in [0.1, 0.15) is 0 Å². The molecule has 29 heteroatoms. The number of benzene rings is 8. The number of furan rings is 1. The monoisotopic (exact) mass is 909 g/mol. The molecule has 0 unspecified atom stereocenters. The minimum Gasteiger partial charge on any atom is -0.457 e. The lowest BCUT2D eigenvalue weighted by molar-refractivity contribution is 0.675. The summed E-state index contributed by atoms with van der Waals surface area (Å²) >= 11 is 0. The third kappa shape index (κ3) is 7.09. The Hall–Kier alpha value is -4.10. The topological polar surface area (TPSA) is 13.1 Å². The van der Waals surface area contributed by atoms with Crippen molar-refractivity contribution in [3.63, 3.8) is 0 Å². The Balaban J connectivity index is 1.57. The average molecular weight is 904 g/mol. The van der Waals surface area contributed by atoms with E-state index in [0.29, 0.717) is 0 Å². The maximum absolute atomic E-state index is 7.09. The van der Waals surface area contributed by atoms with Crippen molar-refractivity contribution >= 4 is 416 Å². The highest BCUT2D eigenvalue weighted by atomic mass is 16.3. The first-order chi connectivity index (χ1) is 34.0. The molecule has 0 amide bonds. The van der Waals surface area contributed by atoms with Gasteiger partial charge in [-0.2, -0.15) is 0 Å². The number of fused-ring (bicyclic) bond motifs is 5. The van der Waals surface area contributed by atoms with Gasteiger partial charge in [0.1, 0.15) is 231 Å². The van der Waals surface area contributed by atoms with Crippen LogP contribution in [0.4, 0.5) is 0 Å². The van der Waals surface area contributed by atoms with Gasteiger partial charge in [-0.1, -0.05) is 98.3 Å². The van der Waals surface area contributed by atoms with Crippen molar-refractivity contribution in [2.24, 2.45) is 0 Å². The Labute approximate surface area is 461 Å². The minimum absolute atomic E-state index is 1.03. The van der Waals surface area contributed by atoms with Crippen molar-refractivity contribution in [2.45, 2.75) is 0 Å². The van der Waals surface area contributed by atoms with E-state index in [4.69, 9.17) is 4.42 Å². The molecule has 0 radical (unpaired) electrons. The van der Waals surface area contributed by atoms with Crippen molar-refractivity contribution in [1.29, 1.82) is 0 Å². The van der Waals surface area contributed by atoms with Gasteiger partial charge in [0.25, 0.3) is 0 Å². The first kappa shape index (κ1) is 53.7. The van der Waals surface area contributed by atoms with Gasteiger partial charge in [0, 0.05) is 10.8 Å². The molecule has 1 heterocycles. The van der Waals surface area contributed by atoms with E-state index in [2.05, 4.69) is 220 Å². The molecule has 0 atom stereocenters. The molecule has 0 aliphatic rings. The lowest BCUT2D eigenvalue weighted by Crippen LogP contribution is -2.57. The Morgan fingerprint density at radius 2 is 0.301 bits per heavy atom. The Morgan fingerprint density at radius 1 is 0.123 bits per heavy atom. The van der Waals surface area contributed by atoms with Crippen LogP contribution < -0.4 is 153 Å². The van der Waals surface area contributed by atoms with Gasteiger partial charge in [0.2, 0.25) is 0 Å². The minimum atomic E-state index is 1.03. The molecule has 0 fully saturated rings. The summed E-state index contributed by atoms with van der Waals surface area (Å²) in [7, 11) is 66.3. The summed E-state index contributed by atoms with van der Waals surface area (Å²) in [6.07, 6.45) is 0. The van der Waals surface area contributed by atoms with Gasteiger partial charge in [0.05, 0.1) is 0 Å². The first-order valence-corrected chi connectivity index (χ1v) is 27.2. The summed E-state index contributed by atoms with van der Waals surface area (Å²) in [6.45, 7) is 0. The zero-order valence-corrected chi connectivity index (χ0v) is 50.4. The van der Waals surface area contributed by atoms with Crippen LogP contribution in [0.25, 0.3) is 88.0 Å². The van der Waals surface area contributed by atoms with E-state index in [-0.39, 0.29) is 0 Å². The summed E-state index contributed by atoms with van der Waals surface area (Å²) in [5, 5.41) is 8.16. The smallest absolute Gasteiger partial charge is 0.143 e. The van der Waals surface area contributed by atoms with Gasteiger partial charge in [0.15, 0.2) is 0 Å². The normalized spacial score (nSPS) is 11.7. The van der Waals surface area contributed by atoms with Crippen LogP contribution in [0.2, 0.25) is 0 Å². The summed E-state index contributed by atoms with van der Waals surface area (Å²) in [5.74, 6) is 0. The second-order valence-corrected chi connectivity index (χ2v) is 23.5. The highest BCUT2D eigenvalue weighted by Crippen LogP contribution is 2.41. The molecular formula is C44H56B28O. The number of hydrogen-bond acceptors (Lipinski definition) is 1. The average Bonchev–Trinajstić information content (AvgIpc) is 3.77. The highest BCUT2D eigenvalue weighted by molar-refractivity contribution is 6.77. The molecule has 0 saturated carbocycles. The van der Waals surface area contributed by atoms with Gasteiger partial charge in [-0.05, 0) is 66.1 Å². The largest absolute Gasteiger partial charge is 0.457 e. The molecule has 0 saturated heterocycles. The van der Waals surface area contributed by atoms with E-state index < -0.39 is 0 Å². The predicted molar refractivity (Wildman–Crippen MR) is 419 cm³/mol. The third-order valence-corrected chi connectivity index (χ3v) is 21.1. The third-order valence-electron chi connectivity index (χ3n) is 21.1. The molecule has 9 aromatic rings. The van der Waals surface area contributed by atoms with E-state index in [0.717, 1.165) is 11.2 Å². The summed E-state index contributed by atoms with van der Waals surface area (Å²) in [6, 6.07) is 0. The summed E-state index contributed by atoms with van der Waals surface area (Å²) in [4.78, 5) is 0. The Morgan fingerprint density at radius 3 is 0.658 bits per heavy atom. The van der Waals surface area contributed by atoms with Crippen LogP contribution in [0.15, 0.2) is 4.42 Å². The Kier molecular flexibility index (Phi) is 13.5. The molecule has 0 aliphatic carbocycles. The fourth-order valence-corrected chi connectivity index (χ4v) is 14.1. The number of hydrogen-bond donors (Lipinski definition) is 0. The second-order valence-electron chi connectivity index (χ2n) is 23.5. The van der Waals surface area contributed by atoms with E-state index in [1.807, 2.05) is 0 Å². The second kappa shape index (κ2) is 18.3. The molecule has 0 aliphatic heterocycles. The Bertz CT molecular complexity index is 3980. The van der Waals surface area contributed by atoms with Gasteiger partial charge >= 0.3 is 0 Å². The van der Waals surface area contributed by atoms with Crippen LogP contribution in [-0.2, 0) is 0 Å². The van der Waals surface area contributed by atoms with Gasteiger partial charge in [-0.3, -0.25) is 0 Å². The van der Waals surface area contributed by atoms with Crippen LogP contribution in [0.5, 0.6) is 0 Å². The van der Waals surface area contributed by atoms with Crippen LogP contribution in [0, 0.1) is 0 Å². The van der Waals surface area contributed by atoms with Crippen molar-refractivity contribution in [1.82, 2.24) is 0 Å². The van der Waals surface area contributed by atoms with Gasteiger partial charge in [-0.25, -0.2) is 0 Å². The van der Waals surface area contributed by atoms with Gasteiger partial charge in [-0.15, -0.1) is 54.6 Å². The maximum atomic E-state index is 7.09. The zero-order chi connectivity index (χ0) is 54.1. The van der Waals surface area contributed by atoms with Crippen molar-refractivity contribution in [3.05, 3.63) is 0 Å². The lowest BCUT2D eigenvalue weighted by atomic mass is 9.54. The van der Waals surface area contributed by atoms with Gasteiger partial charge < -0.3 is 4.42 Å². The molecule has 1 nitrogen and oxygen atoms in total. The fraction of sp³-hybridized carbons (Fsp3) is 0. The molecular weight excluding hydrogens is 847 g/mol. The fourth-order valence-electron chi connectivity index (χ4n) is 14.1. The SMILES string of the molecule is Bc1c(B)c(B)c(-c2c(B)c(B)c(B)c(B)c2-c2c3c(B)c(B)c(B)c(B)c3c(-c3c(B)c(B)c(-c4c(B)c(B)c(B)c5oc6c(B)c(B)c(B)c(B)c6c45)c(B)c3B)c3c(B)c(B)c(B)c(B)c23)c(B)c1B. The zero-order valence-electron chi connectivity index (χ0n) is 50.4. The van der Waals surface area contributed by atoms with E-state index >= 15 is 0 Å². The molecule has 1 aromatic heterocycles. The van der Waals surface area contributed by atoms with Crippen LogP contribution in [-0.4, -0.2) is 220 Å². The number of rotatable bonds is 4. The molecule has 0 bridgehead atoms. The molecule has 9 rings (SSSR count). The quantitative estimate of drug-likeness (QED) is 0.127. The highest BCUT2D eigenvalue weighted by Gasteiger charge is 2.32. The van der Waals surface area contributed by atoms with Crippen molar-refractivity contribution < 1.29 is 4.42 Å². The van der Waals surface area contributed by atoms with Crippen LogP contribution >= 0.6 is 0 Å².